The lowest BCUT2D eigenvalue weighted by atomic mass is 9.85. The number of rotatable bonds is 10. The van der Waals surface area contributed by atoms with E-state index < -0.39 is 17.9 Å². The van der Waals surface area contributed by atoms with E-state index in [4.69, 9.17) is 31.5 Å². The van der Waals surface area contributed by atoms with Crippen molar-refractivity contribution in [2.75, 3.05) is 26.9 Å². The molecule has 0 spiro atoms. The molecule has 0 aliphatic carbocycles. The van der Waals surface area contributed by atoms with Gasteiger partial charge in [0.2, 0.25) is 0 Å². The van der Waals surface area contributed by atoms with Gasteiger partial charge in [-0.3, -0.25) is 9.59 Å². The molecular formula is C27H31ClN2O7. The highest BCUT2D eigenvalue weighted by atomic mass is 35.5. The molecule has 9 nitrogen and oxygen atoms in total. The standard InChI is InChI=1S/C20H25ClN2O5.C7H6O2/c1-4-16(24)28-19-15(11-27-10-9-22)23-12(2)17(20(25)26-3)18(19)13-7-5-6-8-14(13)21;8-6-9-7-4-2-1-3-5-7/h5-8,18,23H,4,9-11,22H2,1-3H3;1-6H. The number of para-hydroxylation sites is 1. The predicted molar refractivity (Wildman–Crippen MR) is 138 cm³/mol. The van der Waals surface area contributed by atoms with Crippen LogP contribution in [0.1, 0.15) is 31.7 Å². The maximum atomic E-state index is 12.6. The van der Waals surface area contributed by atoms with Crippen molar-refractivity contribution in [3.63, 3.8) is 0 Å². The smallest absolute Gasteiger partial charge is 0.336 e. The Morgan fingerprint density at radius 3 is 2.38 bits per heavy atom. The molecule has 0 fully saturated rings. The van der Waals surface area contributed by atoms with Gasteiger partial charge in [-0.2, -0.15) is 0 Å². The molecule has 0 saturated heterocycles. The van der Waals surface area contributed by atoms with Crippen molar-refractivity contribution in [1.29, 1.82) is 0 Å². The number of carbonyl (C=O) groups excluding carboxylic acids is 3. The quantitative estimate of drug-likeness (QED) is 0.267. The topological polar surface area (TPSA) is 126 Å². The molecule has 2 aromatic carbocycles. The lowest BCUT2D eigenvalue weighted by Crippen LogP contribution is -2.33. The second-order valence-electron chi connectivity index (χ2n) is 7.65. The van der Waals surface area contributed by atoms with E-state index in [2.05, 4.69) is 10.1 Å². The molecule has 198 valence electrons. The van der Waals surface area contributed by atoms with Crippen LogP contribution in [0.5, 0.6) is 5.75 Å². The molecule has 2 aromatic rings. The molecule has 3 rings (SSSR count). The zero-order valence-electron chi connectivity index (χ0n) is 21.0. The molecule has 1 atom stereocenters. The van der Waals surface area contributed by atoms with Crippen LogP contribution in [0.25, 0.3) is 0 Å². The van der Waals surface area contributed by atoms with Gasteiger partial charge in [0.15, 0.2) is 0 Å². The lowest BCUT2D eigenvalue weighted by molar-refractivity contribution is -0.141. The van der Waals surface area contributed by atoms with E-state index in [9.17, 15) is 14.4 Å². The molecule has 0 aromatic heterocycles. The number of carbonyl (C=O) groups is 3. The number of nitrogens with two attached hydrogens (primary N) is 1. The summed E-state index contributed by atoms with van der Waals surface area (Å²) in [6.07, 6.45) is 0.173. The first kappa shape index (κ1) is 29.6. The summed E-state index contributed by atoms with van der Waals surface area (Å²) in [6, 6.07) is 16.0. The van der Waals surface area contributed by atoms with Crippen LogP contribution in [-0.2, 0) is 28.6 Å². The minimum Gasteiger partial charge on any atom is -0.466 e. The first-order chi connectivity index (χ1) is 17.9. The molecule has 0 amide bonds. The van der Waals surface area contributed by atoms with Gasteiger partial charge in [-0.1, -0.05) is 54.9 Å². The number of halogens is 1. The van der Waals surface area contributed by atoms with Crippen LogP contribution in [0.15, 0.2) is 77.3 Å². The molecule has 0 bridgehead atoms. The summed E-state index contributed by atoms with van der Waals surface area (Å²) in [5, 5.41) is 3.55. The second-order valence-corrected chi connectivity index (χ2v) is 8.06. The van der Waals surface area contributed by atoms with Crippen molar-refractivity contribution in [3.8, 4) is 5.75 Å². The van der Waals surface area contributed by atoms with Crippen LogP contribution in [0.3, 0.4) is 0 Å². The largest absolute Gasteiger partial charge is 0.466 e. The van der Waals surface area contributed by atoms with Crippen LogP contribution < -0.4 is 15.8 Å². The van der Waals surface area contributed by atoms with E-state index in [0.717, 1.165) is 0 Å². The molecule has 1 unspecified atom stereocenters. The van der Waals surface area contributed by atoms with Crippen molar-refractivity contribution in [3.05, 3.63) is 87.9 Å². The summed E-state index contributed by atoms with van der Waals surface area (Å²) in [5.74, 6) is -0.847. The summed E-state index contributed by atoms with van der Waals surface area (Å²) >= 11 is 6.42. The van der Waals surface area contributed by atoms with Gasteiger partial charge in [-0.25, -0.2) is 4.79 Å². The maximum Gasteiger partial charge on any atom is 0.336 e. The second kappa shape index (κ2) is 15.5. The molecule has 0 saturated carbocycles. The third kappa shape index (κ3) is 8.45. The molecule has 10 heteroatoms. The van der Waals surface area contributed by atoms with Crippen LogP contribution in [0, 0.1) is 0 Å². The average molecular weight is 531 g/mol. The summed E-state index contributed by atoms with van der Waals surface area (Å²) in [6.45, 7) is 4.68. The predicted octanol–water partition coefficient (Wildman–Crippen LogP) is 3.84. The molecule has 1 heterocycles. The highest BCUT2D eigenvalue weighted by molar-refractivity contribution is 6.31. The average Bonchev–Trinajstić information content (AvgIpc) is 2.91. The minimum absolute atomic E-state index is 0.135. The fourth-order valence-corrected chi connectivity index (χ4v) is 3.74. The van der Waals surface area contributed by atoms with Crippen molar-refractivity contribution in [2.45, 2.75) is 26.2 Å². The molecule has 37 heavy (non-hydrogen) atoms. The number of methoxy groups -OCH3 is 1. The number of ether oxygens (including phenoxy) is 4. The van der Waals surface area contributed by atoms with E-state index in [0.29, 0.717) is 52.9 Å². The fourth-order valence-electron chi connectivity index (χ4n) is 3.50. The first-order valence-electron chi connectivity index (χ1n) is 11.5. The molecule has 0 radical (unpaired) electrons. The van der Waals surface area contributed by atoms with Gasteiger partial charge in [0, 0.05) is 23.7 Å². The summed E-state index contributed by atoms with van der Waals surface area (Å²) < 4.78 is 20.7. The third-order valence-corrected chi connectivity index (χ3v) is 5.50. The normalized spacial score (nSPS) is 14.7. The number of hydrogen-bond acceptors (Lipinski definition) is 9. The summed E-state index contributed by atoms with van der Waals surface area (Å²) in [4.78, 5) is 34.5. The van der Waals surface area contributed by atoms with Crippen molar-refractivity contribution in [2.24, 2.45) is 5.73 Å². The van der Waals surface area contributed by atoms with E-state index in [1.54, 1.807) is 62.4 Å². The molecule has 3 N–H and O–H groups in total. The Balaban J connectivity index is 0.000000449. The van der Waals surface area contributed by atoms with Gasteiger partial charge in [0.25, 0.3) is 6.47 Å². The number of hydrogen-bond donors (Lipinski definition) is 2. The SMILES string of the molecule is CCC(=O)OC1=C(COCCN)NC(C)=C(C(=O)OC)C1c1ccccc1Cl.O=COc1ccccc1. The van der Waals surface area contributed by atoms with Gasteiger partial charge in [-0.15, -0.1) is 0 Å². The Morgan fingerprint density at radius 2 is 1.78 bits per heavy atom. The zero-order chi connectivity index (χ0) is 27.2. The number of esters is 2. The fraction of sp³-hybridized carbons (Fsp3) is 0.296. The highest BCUT2D eigenvalue weighted by Gasteiger charge is 2.38. The molecule has 1 aliphatic heterocycles. The number of allylic oxidation sites excluding steroid dienone is 2. The van der Waals surface area contributed by atoms with Crippen LogP contribution >= 0.6 is 11.6 Å². The lowest BCUT2D eigenvalue weighted by Gasteiger charge is -2.31. The van der Waals surface area contributed by atoms with Crippen LogP contribution in [-0.4, -0.2) is 45.3 Å². The van der Waals surface area contributed by atoms with E-state index in [1.807, 2.05) is 6.07 Å². The maximum absolute atomic E-state index is 12.6. The van der Waals surface area contributed by atoms with Gasteiger partial charge in [-0.05, 0) is 30.7 Å². The van der Waals surface area contributed by atoms with Crippen LogP contribution in [0.4, 0.5) is 0 Å². The number of benzene rings is 2. The Morgan fingerprint density at radius 1 is 1.11 bits per heavy atom. The Hall–Kier alpha value is -3.66. The first-order valence-corrected chi connectivity index (χ1v) is 11.9. The minimum atomic E-state index is -0.714. The molecular weight excluding hydrogens is 500 g/mol. The summed E-state index contributed by atoms with van der Waals surface area (Å²) in [5.41, 5.74) is 7.54. The van der Waals surface area contributed by atoms with E-state index in [-0.39, 0.29) is 18.8 Å². The third-order valence-electron chi connectivity index (χ3n) is 5.16. The van der Waals surface area contributed by atoms with Gasteiger partial charge in [0.05, 0.1) is 37.5 Å². The van der Waals surface area contributed by atoms with Crippen molar-refractivity contribution >= 4 is 30.0 Å². The van der Waals surface area contributed by atoms with E-state index in [1.165, 1.54) is 7.11 Å². The Kier molecular flexibility index (Phi) is 12.3. The molecule has 1 aliphatic rings. The monoisotopic (exact) mass is 530 g/mol. The highest BCUT2D eigenvalue weighted by Crippen LogP contribution is 2.41. The van der Waals surface area contributed by atoms with Gasteiger partial charge >= 0.3 is 11.9 Å². The van der Waals surface area contributed by atoms with Crippen LogP contribution in [0.2, 0.25) is 5.02 Å². The Bertz CT molecular complexity index is 1130. The number of dihydropyridines is 1. The zero-order valence-corrected chi connectivity index (χ0v) is 21.7. The number of nitrogens with one attached hydrogen (secondary N) is 1. The summed E-state index contributed by atoms with van der Waals surface area (Å²) in [7, 11) is 1.30. The van der Waals surface area contributed by atoms with E-state index >= 15 is 0 Å². The van der Waals surface area contributed by atoms with Crippen molar-refractivity contribution < 1.29 is 33.3 Å². The van der Waals surface area contributed by atoms with Crippen molar-refractivity contribution in [1.82, 2.24) is 5.32 Å². The van der Waals surface area contributed by atoms with Gasteiger partial charge in [0.1, 0.15) is 11.5 Å². The Labute approximate surface area is 221 Å². The van der Waals surface area contributed by atoms with Gasteiger partial charge < -0.3 is 30.0 Å².